The first-order valence-corrected chi connectivity index (χ1v) is 9.61. The van der Waals surface area contributed by atoms with Gasteiger partial charge in [0.15, 0.2) is 0 Å². The van der Waals surface area contributed by atoms with Crippen LogP contribution < -0.4 is 27.9 Å². The quantitative estimate of drug-likeness (QED) is 0.269. The van der Waals surface area contributed by atoms with Crippen molar-refractivity contribution in [1.29, 1.82) is 0 Å². The SMILES string of the molecule is COC(=O)c1cc2c3cccc[n+]3c(N(C)C)n2c2ccccc12.[O-][Cl+3]([O-])([O-])[O-]. The van der Waals surface area contributed by atoms with Gasteiger partial charge in [-0.1, -0.05) is 24.3 Å². The zero-order valence-electron chi connectivity index (χ0n) is 15.9. The molecule has 10 heteroatoms. The van der Waals surface area contributed by atoms with Gasteiger partial charge in [0, 0.05) is 5.39 Å². The molecule has 4 rings (SSSR count). The molecular weight excluding hydrogens is 402 g/mol. The Hall–Kier alpha value is -2.95. The highest BCUT2D eigenvalue weighted by Crippen LogP contribution is 2.28. The van der Waals surface area contributed by atoms with E-state index in [1.54, 1.807) is 0 Å². The van der Waals surface area contributed by atoms with E-state index in [9.17, 15) is 4.79 Å². The van der Waals surface area contributed by atoms with Crippen LogP contribution in [-0.4, -0.2) is 31.6 Å². The Morgan fingerprint density at radius 2 is 1.66 bits per heavy atom. The number of esters is 1. The molecule has 0 aliphatic rings. The molecular formula is C19H18ClN3O6. The molecule has 3 heterocycles. The number of para-hydroxylation sites is 1. The van der Waals surface area contributed by atoms with Gasteiger partial charge in [-0.3, -0.25) is 4.90 Å². The van der Waals surface area contributed by atoms with Gasteiger partial charge in [-0.25, -0.2) is 27.8 Å². The van der Waals surface area contributed by atoms with Crippen LogP contribution in [-0.2, 0) is 4.74 Å². The average molecular weight is 420 g/mol. The Morgan fingerprint density at radius 1 is 1.03 bits per heavy atom. The predicted octanol–water partition coefficient (Wildman–Crippen LogP) is -2.07. The molecule has 0 saturated carbocycles. The fraction of sp³-hybridized carbons (Fsp3) is 0.158. The van der Waals surface area contributed by atoms with Crippen LogP contribution >= 0.6 is 0 Å². The highest BCUT2D eigenvalue weighted by molar-refractivity contribution is 6.06. The Bertz CT molecular complexity index is 1190. The molecule has 0 spiro atoms. The van der Waals surface area contributed by atoms with E-state index in [4.69, 9.17) is 23.4 Å². The predicted molar refractivity (Wildman–Crippen MR) is 93.7 cm³/mol. The largest absolute Gasteiger partial charge is 0.465 e. The molecule has 1 aromatic carbocycles. The summed E-state index contributed by atoms with van der Waals surface area (Å²) in [6.45, 7) is 0. The summed E-state index contributed by atoms with van der Waals surface area (Å²) in [5, 5.41) is 0.876. The lowest BCUT2D eigenvalue weighted by Gasteiger charge is -2.17. The van der Waals surface area contributed by atoms with Crippen molar-refractivity contribution in [2.45, 2.75) is 0 Å². The lowest BCUT2D eigenvalue weighted by Crippen LogP contribution is -2.68. The molecule has 0 fully saturated rings. The number of rotatable bonds is 2. The maximum absolute atomic E-state index is 12.3. The van der Waals surface area contributed by atoms with E-state index in [1.165, 1.54) is 7.11 Å². The molecule has 0 saturated heterocycles. The minimum atomic E-state index is -4.94. The van der Waals surface area contributed by atoms with Crippen molar-refractivity contribution in [3.8, 4) is 0 Å². The number of nitrogens with zero attached hydrogens (tertiary/aromatic N) is 3. The van der Waals surface area contributed by atoms with Crippen molar-refractivity contribution in [2.24, 2.45) is 0 Å². The standard InChI is InChI=1S/C19H18N3O2.ClHO4/c1-20(2)19-21-11-7-6-10-16(21)17-12-14(18(23)24-3)13-8-4-5-9-15(13)22(17)19;2-1(3,4)5/h4-12H,1-3H3;(H,2,3,4,5)/q+1;/p-1. The van der Waals surface area contributed by atoms with Crippen molar-refractivity contribution in [2.75, 3.05) is 26.1 Å². The zero-order chi connectivity index (χ0) is 21.3. The Balaban J connectivity index is 0.000000431. The average Bonchev–Trinajstić information content (AvgIpc) is 3.00. The number of hydrogen-bond acceptors (Lipinski definition) is 7. The number of pyridine rings is 2. The molecule has 0 N–H and O–H groups in total. The lowest BCUT2D eigenvalue weighted by molar-refractivity contribution is -2.00. The molecule has 4 aromatic rings. The summed E-state index contributed by atoms with van der Waals surface area (Å²) in [6.07, 6.45) is 2.03. The number of hydrogen-bond donors (Lipinski definition) is 0. The van der Waals surface area contributed by atoms with Crippen LogP contribution in [0.3, 0.4) is 0 Å². The van der Waals surface area contributed by atoms with Crippen molar-refractivity contribution in [3.63, 3.8) is 0 Å². The second-order valence-electron chi connectivity index (χ2n) is 6.32. The fourth-order valence-electron chi connectivity index (χ4n) is 3.34. The van der Waals surface area contributed by atoms with Crippen LogP contribution in [0.15, 0.2) is 54.7 Å². The van der Waals surface area contributed by atoms with Crippen molar-refractivity contribution < 1.29 is 42.8 Å². The number of fused-ring (bicyclic) bond motifs is 5. The van der Waals surface area contributed by atoms with Gasteiger partial charge in [-0.15, -0.1) is 10.2 Å². The first-order valence-electron chi connectivity index (χ1n) is 8.37. The second kappa shape index (κ2) is 7.82. The fourth-order valence-corrected chi connectivity index (χ4v) is 3.34. The summed E-state index contributed by atoms with van der Waals surface area (Å²) in [5.41, 5.74) is 3.56. The maximum Gasteiger partial charge on any atom is 0.369 e. The third-order valence-electron chi connectivity index (χ3n) is 4.30. The number of methoxy groups -OCH3 is 1. The summed E-state index contributed by atoms with van der Waals surface area (Å²) >= 11 is 0. The van der Waals surface area contributed by atoms with E-state index in [0.717, 1.165) is 27.9 Å². The number of ether oxygens (including phenoxy) is 1. The van der Waals surface area contributed by atoms with Gasteiger partial charge in [-0.2, -0.15) is 4.40 Å². The minimum Gasteiger partial charge on any atom is -0.465 e. The van der Waals surface area contributed by atoms with Crippen LogP contribution in [0, 0.1) is 10.2 Å². The van der Waals surface area contributed by atoms with Gasteiger partial charge >= 0.3 is 11.9 Å². The smallest absolute Gasteiger partial charge is 0.369 e. The number of carbonyl (C=O) groups excluding carboxylic acids is 1. The Labute approximate surface area is 167 Å². The molecule has 0 aliphatic heterocycles. The first kappa shape index (κ1) is 20.8. The van der Waals surface area contributed by atoms with Gasteiger partial charge in [-0.05, 0) is 24.3 Å². The Morgan fingerprint density at radius 3 is 2.28 bits per heavy atom. The monoisotopic (exact) mass is 419 g/mol. The topological polar surface area (TPSA) is 130 Å². The zero-order valence-corrected chi connectivity index (χ0v) is 16.6. The number of aromatic nitrogens is 2. The number of imidazole rings is 1. The van der Waals surface area contributed by atoms with Crippen LogP contribution in [0.25, 0.3) is 21.9 Å². The van der Waals surface area contributed by atoms with Gasteiger partial charge in [0.2, 0.25) is 0 Å². The van der Waals surface area contributed by atoms with E-state index >= 15 is 0 Å². The van der Waals surface area contributed by atoms with Crippen LogP contribution in [0.2, 0.25) is 0 Å². The number of halogens is 1. The summed E-state index contributed by atoms with van der Waals surface area (Å²) in [5.74, 6) is 0.698. The molecule has 0 unspecified atom stereocenters. The van der Waals surface area contributed by atoms with Crippen LogP contribution in [0.4, 0.5) is 5.95 Å². The highest BCUT2D eigenvalue weighted by Gasteiger charge is 2.25. The molecule has 152 valence electrons. The third kappa shape index (κ3) is 4.09. The highest BCUT2D eigenvalue weighted by atomic mass is 35.7. The molecule has 3 aromatic heterocycles. The first-order chi connectivity index (χ1) is 13.6. The van der Waals surface area contributed by atoms with E-state index in [2.05, 4.69) is 19.8 Å². The van der Waals surface area contributed by atoms with Gasteiger partial charge in [0.25, 0.3) is 0 Å². The van der Waals surface area contributed by atoms with Gasteiger partial charge in [0.1, 0.15) is 16.6 Å². The molecule has 0 amide bonds. The number of carbonyl (C=O) groups is 1. The normalized spacial score (nSPS) is 11.4. The van der Waals surface area contributed by atoms with E-state index in [-0.39, 0.29) is 5.97 Å². The van der Waals surface area contributed by atoms with E-state index in [0.29, 0.717) is 5.56 Å². The van der Waals surface area contributed by atoms with Gasteiger partial charge in [0.05, 0.1) is 33.0 Å². The van der Waals surface area contributed by atoms with E-state index < -0.39 is 10.2 Å². The number of benzene rings is 1. The van der Waals surface area contributed by atoms with Crippen molar-refractivity contribution >= 4 is 33.9 Å². The molecule has 0 aliphatic carbocycles. The summed E-state index contributed by atoms with van der Waals surface area (Å²) < 4.78 is 43.3. The van der Waals surface area contributed by atoms with E-state index in [1.807, 2.05) is 62.8 Å². The molecule has 0 bridgehead atoms. The Kier molecular flexibility index (Phi) is 5.60. The molecule has 9 nitrogen and oxygen atoms in total. The molecule has 0 atom stereocenters. The van der Waals surface area contributed by atoms with Crippen molar-refractivity contribution in [1.82, 2.24) is 4.40 Å². The molecule has 29 heavy (non-hydrogen) atoms. The third-order valence-corrected chi connectivity index (χ3v) is 4.30. The minimum absolute atomic E-state index is 0.324. The molecule has 0 radical (unpaired) electrons. The lowest BCUT2D eigenvalue weighted by atomic mass is 10.1. The summed E-state index contributed by atoms with van der Waals surface area (Å²) in [4.78, 5) is 14.4. The second-order valence-corrected chi connectivity index (χ2v) is 7.07. The maximum atomic E-state index is 12.3. The van der Waals surface area contributed by atoms with Crippen LogP contribution in [0.5, 0.6) is 0 Å². The summed E-state index contributed by atoms with van der Waals surface area (Å²) in [7, 11) is 0.506. The van der Waals surface area contributed by atoms with Crippen molar-refractivity contribution in [3.05, 3.63) is 60.3 Å². The van der Waals surface area contributed by atoms with Gasteiger partial charge < -0.3 is 4.74 Å². The van der Waals surface area contributed by atoms with Crippen LogP contribution in [0.1, 0.15) is 10.4 Å². The summed E-state index contributed by atoms with van der Waals surface area (Å²) in [6, 6.07) is 15.9. The number of anilines is 1.